The minimum atomic E-state index is 0.694. The van der Waals surface area contributed by atoms with Gasteiger partial charge in [0.15, 0.2) is 0 Å². The Morgan fingerprint density at radius 1 is 1.28 bits per heavy atom. The fraction of sp³-hybridized carbons (Fsp3) is 0.458. The van der Waals surface area contributed by atoms with Crippen LogP contribution in [0.1, 0.15) is 40.5 Å². The molecule has 0 bridgehead atoms. The van der Waals surface area contributed by atoms with E-state index in [-0.39, 0.29) is 0 Å². The average Bonchev–Trinajstić information content (AvgIpc) is 2.66. The standard InChI is InChI=1S/C24H37ClN4/c1-9-12-19(4)22(15-18(2)3)27-24(26-6)17-28(7)16-20(5)29(8)23-14-11-10-13-21(23)25/h9-10,12-13,15H,5,11,14,16-17H2,1-4,6-8H3,(H,26,27)/b12-9+,22-19-. The van der Waals surface area contributed by atoms with Crippen LogP contribution in [0.4, 0.5) is 0 Å². The lowest BCUT2D eigenvalue weighted by Crippen LogP contribution is -2.36. The summed E-state index contributed by atoms with van der Waals surface area (Å²) in [6.45, 7) is 14.0. The number of amidine groups is 1. The van der Waals surface area contributed by atoms with Crippen molar-refractivity contribution >= 4 is 17.4 Å². The molecule has 0 unspecified atom stereocenters. The van der Waals surface area contributed by atoms with Crippen molar-refractivity contribution in [1.29, 1.82) is 0 Å². The fourth-order valence-corrected chi connectivity index (χ4v) is 3.34. The van der Waals surface area contributed by atoms with Crippen molar-refractivity contribution in [3.63, 3.8) is 0 Å². The Kier molecular flexibility index (Phi) is 10.8. The molecule has 0 fully saturated rings. The van der Waals surface area contributed by atoms with Gasteiger partial charge in [-0.1, -0.05) is 42.0 Å². The molecule has 1 N–H and O–H groups in total. The quantitative estimate of drug-likeness (QED) is 0.301. The van der Waals surface area contributed by atoms with E-state index in [0.29, 0.717) is 6.54 Å². The smallest absolute Gasteiger partial charge is 0.116 e. The first-order chi connectivity index (χ1) is 13.7. The molecule has 160 valence electrons. The van der Waals surface area contributed by atoms with E-state index >= 15 is 0 Å². The number of likely N-dealkylation sites (N-methyl/N-ethyl adjacent to an activating group) is 3. The third kappa shape index (κ3) is 8.46. The van der Waals surface area contributed by atoms with E-state index < -0.39 is 0 Å². The monoisotopic (exact) mass is 416 g/mol. The molecule has 1 aliphatic carbocycles. The number of allylic oxidation sites excluding steroid dienone is 9. The summed E-state index contributed by atoms with van der Waals surface area (Å²) in [6, 6.07) is 0. The molecule has 29 heavy (non-hydrogen) atoms. The lowest BCUT2D eigenvalue weighted by atomic mass is 10.1. The molecule has 0 aromatic rings. The molecule has 0 aliphatic heterocycles. The van der Waals surface area contributed by atoms with Crippen LogP contribution < -0.4 is 5.32 Å². The number of aliphatic imine (C=N–C) groups is 1. The van der Waals surface area contributed by atoms with Gasteiger partial charge in [-0.05, 0) is 65.3 Å². The first-order valence-electron chi connectivity index (χ1n) is 10.1. The van der Waals surface area contributed by atoms with Gasteiger partial charge in [0.2, 0.25) is 0 Å². The van der Waals surface area contributed by atoms with Crippen molar-refractivity contribution in [2.45, 2.75) is 40.5 Å². The van der Waals surface area contributed by atoms with Crippen LogP contribution in [-0.2, 0) is 0 Å². The maximum absolute atomic E-state index is 6.37. The minimum Gasteiger partial charge on any atom is -0.376 e. The highest BCUT2D eigenvalue weighted by Crippen LogP contribution is 2.26. The van der Waals surface area contributed by atoms with Crippen LogP contribution in [0.3, 0.4) is 0 Å². The lowest BCUT2D eigenvalue weighted by Gasteiger charge is -2.29. The Labute approximate surface area is 182 Å². The number of nitrogens with zero attached hydrogens (tertiary/aromatic N) is 3. The van der Waals surface area contributed by atoms with Gasteiger partial charge in [-0.2, -0.15) is 0 Å². The Morgan fingerprint density at radius 2 is 1.97 bits per heavy atom. The van der Waals surface area contributed by atoms with Crippen LogP contribution in [-0.4, -0.2) is 49.9 Å². The summed E-state index contributed by atoms with van der Waals surface area (Å²) in [7, 11) is 6.03. The molecule has 0 saturated carbocycles. The van der Waals surface area contributed by atoms with Gasteiger partial charge in [-0.25, -0.2) is 4.99 Å². The second kappa shape index (κ2) is 12.5. The number of nitrogens with one attached hydrogen (secondary N) is 1. The molecule has 4 nitrogen and oxygen atoms in total. The molecule has 0 amide bonds. The highest BCUT2D eigenvalue weighted by Gasteiger charge is 2.15. The summed E-state index contributed by atoms with van der Waals surface area (Å²) in [5, 5.41) is 4.05. The third-order valence-electron chi connectivity index (χ3n) is 4.63. The number of rotatable bonds is 9. The molecule has 5 heteroatoms. The number of hydrogen-bond donors (Lipinski definition) is 1. The van der Waals surface area contributed by atoms with Gasteiger partial charge in [0.25, 0.3) is 0 Å². The van der Waals surface area contributed by atoms with E-state index in [1.165, 1.54) is 5.57 Å². The van der Waals surface area contributed by atoms with Crippen LogP contribution in [0.5, 0.6) is 0 Å². The molecule has 0 spiro atoms. The molecule has 0 heterocycles. The van der Waals surface area contributed by atoms with Gasteiger partial charge in [-0.15, -0.1) is 0 Å². The summed E-state index contributed by atoms with van der Waals surface area (Å²) in [6.07, 6.45) is 12.3. The molecule has 0 saturated heterocycles. The molecule has 1 aliphatic rings. The predicted molar refractivity (Wildman–Crippen MR) is 129 cm³/mol. The van der Waals surface area contributed by atoms with Crippen LogP contribution in [0.15, 0.2) is 75.2 Å². The van der Waals surface area contributed by atoms with E-state index in [1.807, 2.05) is 33.2 Å². The normalized spacial score (nSPS) is 15.7. The highest BCUT2D eigenvalue weighted by molar-refractivity contribution is 6.31. The molecule has 1 rings (SSSR count). The number of halogens is 1. The Morgan fingerprint density at radius 3 is 2.52 bits per heavy atom. The molecule has 0 aromatic heterocycles. The third-order valence-corrected chi connectivity index (χ3v) is 4.97. The van der Waals surface area contributed by atoms with Crippen molar-refractivity contribution in [3.8, 4) is 0 Å². The molecular formula is C24H37ClN4. The van der Waals surface area contributed by atoms with Gasteiger partial charge < -0.3 is 10.2 Å². The van der Waals surface area contributed by atoms with Gasteiger partial charge in [0.1, 0.15) is 5.84 Å². The highest BCUT2D eigenvalue weighted by atomic mass is 35.5. The largest absolute Gasteiger partial charge is 0.376 e. The average molecular weight is 417 g/mol. The van der Waals surface area contributed by atoms with Crippen molar-refractivity contribution in [2.24, 2.45) is 4.99 Å². The maximum atomic E-state index is 6.37. The Bertz CT molecular complexity index is 762. The predicted octanol–water partition coefficient (Wildman–Crippen LogP) is 5.60. The first kappa shape index (κ1) is 25.0. The van der Waals surface area contributed by atoms with Crippen LogP contribution in [0.25, 0.3) is 0 Å². The van der Waals surface area contributed by atoms with Crippen molar-refractivity contribution in [3.05, 3.63) is 70.2 Å². The van der Waals surface area contributed by atoms with Gasteiger partial charge >= 0.3 is 0 Å². The van der Waals surface area contributed by atoms with E-state index in [9.17, 15) is 0 Å². The number of hydrogen-bond acceptors (Lipinski definition) is 3. The topological polar surface area (TPSA) is 30.9 Å². The zero-order valence-electron chi connectivity index (χ0n) is 19.1. The molecular weight excluding hydrogens is 380 g/mol. The lowest BCUT2D eigenvalue weighted by molar-refractivity contribution is 0.359. The Hall–Kier alpha value is -2.04. The second-order valence-electron chi connectivity index (χ2n) is 7.63. The van der Waals surface area contributed by atoms with E-state index in [2.05, 4.69) is 67.7 Å². The summed E-state index contributed by atoms with van der Waals surface area (Å²) >= 11 is 6.37. The van der Waals surface area contributed by atoms with Gasteiger partial charge in [0.05, 0.1) is 17.3 Å². The SMILES string of the molecule is C=C(CN(C)C/C(=N/C(C=C(C)C)=C(C)\C=C\C)NC)N(C)C1=C(Cl)C=CCC1. The van der Waals surface area contributed by atoms with Gasteiger partial charge in [-0.3, -0.25) is 4.90 Å². The van der Waals surface area contributed by atoms with Crippen molar-refractivity contribution in [1.82, 2.24) is 15.1 Å². The summed E-state index contributed by atoms with van der Waals surface area (Å²) < 4.78 is 0. The summed E-state index contributed by atoms with van der Waals surface area (Å²) in [4.78, 5) is 9.20. The summed E-state index contributed by atoms with van der Waals surface area (Å²) in [5.41, 5.74) is 5.48. The zero-order chi connectivity index (χ0) is 22.0. The van der Waals surface area contributed by atoms with E-state index in [1.54, 1.807) is 0 Å². The summed E-state index contributed by atoms with van der Waals surface area (Å²) in [5.74, 6) is 0.914. The van der Waals surface area contributed by atoms with Crippen molar-refractivity contribution < 1.29 is 0 Å². The van der Waals surface area contributed by atoms with E-state index in [4.69, 9.17) is 16.6 Å². The van der Waals surface area contributed by atoms with E-state index in [0.717, 1.165) is 52.9 Å². The second-order valence-corrected chi connectivity index (χ2v) is 8.04. The Balaban J connectivity index is 2.91. The fourth-order valence-electron chi connectivity index (χ4n) is 3.03. The maximum Gasteiger partial charge on any atom is 0.116 e. The molecule has 0 radical (unpaired) electrons. The van der Waals surface area contributed by atoms with Crippen LogP contribution in [0, 0.1) is 0 Å². The first-order valence-corrected chi connectivity index (χ1v) is 10.5. The minimum absolute atomic E-state index is 0.694. The van der Waals surface area contributed by atoms with Crippen LogP contribution in [0.2, 0.25) is 0 Å². The van der Waals surface area contributed by atoms with Gasteiger partial charge in [0, 0.05) is 32.0 Å². The van der Waals surface area contributed by atoms with Crippen LogP contribution >= 0.6 is 11.6 Å². The molecule has 0 atom stereocenters. The zero-order valence-corrected chi connectivity index (χ0v) is 19.9. The molecule has 0 aromatic carbocycles. The van der Waals surface area contributed by atoms with Crippen molar-refractivity contribution in [2.75, 3.05) is 34.2 Å².